The van der Waals surface area contributed by atoms with E-state index < -0.39 is 4.92 Å². The number of methoxy groups -OCH3 is 1. The van der Waals surface area contributed by atoms with Crippen molar-refractivity contribution >= 4 is 17.3 Å². The Kier molecular flexibility index (Phi) is 4.62. The third-order valence-corrected chi connectivity index (χ3v) is 3.59. The van der Waals surface area contributed by atoms with Gasteiger partial charge in [-0.25, -0.2) is 0 Å². The molecule has 1 unspecified atom stereocenters. The van der Waals surface area contributed by atoms with E-state index in [1.54, 1.807) is 12.1 Å². The zero-order chi connectivity index (χ0) is 15.4. The van der Waals surface area contributed by atoms with Gasteiger partial charge < -0.3 is 15.0 Å². The Morgan fingerprint density at radius 1 is 1.57 bits per heavy atom. The molecule has 1 N–H and O–H groups in total. The van der Waals surface area contributed by atoms with E-state index in [2.05, 4.69) is 5.32 Å². The predicted octanol–water partition coefficient (Wildman–Crippen LogP) is 2.03. The Morgan fingerprint density at radius 2 is 2.33 bits per heavy atom. The predicted molar refractivity (Wildman–Crippen MR) is 78.5 cm³/mol. The minimum atomic E-state index is -0.472. The van der Waals surface area contributed by atoms with E-state index in [1.807, 2.05) is 11.8 Å². The number of nitrogens with zero attached hydrogens (tertiary/aromatic N) is 2. The van der Waals surface area contributed by atoms with Crippen LogP contribution in [-0.2, 0) is 4.79 Å². The number of nitro groups is 1. The Balaban J connectivity index is 2.04. The lowest BCUT2D eigenvalue weighted by molar-refractivity contribution is -0.385. The van der Waals surface area contributed by atoms with Crippen molar-refractivity contribution in [2.75, 3.05) is 25.5 Å². The molecule has 21 heavy (non-hydrogen) atoms. The van der Waals surface area contributed by atoms with E-state index in [-0.39, 0.29) is 23.4 Å². The summed E-state index contributed by atoms with van der Waals surface area (Å²) in [6, 6.07) is 4.85. The number of amides is 1. The highest BCUT2D eigenvalue weighted by Crippen LogP contribution is 2.30. The molecule has 1 amide bonds. The van der Waals surface area contributed by atoms with E-state index in [4.69, 9.17) is 4.74 Å². The molecule has 0 aromatic heterocycles. The summed E-state index contributed by atoms with van der Waals surface area (Å²) in [6.07, 6.45) is 1.38. The Hall–Kier alpha value is -2.31. The molecule has 1 aliphatic rings. The molecule has 1 aromatic carbocycles. The van der Waals surface area contributed by atoms with Crippen molar-refractivity contribution in [2.45, 2.75) is 25.8 Å². The first kappa shape index (κ1) is 15.1. The lowest BCUT2D eigenvalue weighted by Crippen LogP contribution is -2.30. The van der Waals surface area contributed by atoms with Gasteiger partial charge in [0.25, 0.3) is 0 Å². The van der Waals surface area contributed by atoms with Crippen molar-refractivity contribution < 1.29 is 14.5 Å². The van der Waals surface area contributed by atoms with Gasteiger partial charge >= 0.3 is 5.69 Å². The van der Waals surface area contributed by atoms with E-state index in [0.29, 0.717) is 13.0 Å². The number of likely N-dealkylation sites (tertiary alicyclic amines) is 1. The van der Waals surface area contributed by atoms with Gasteiger partial charge in [0, 0.05) is 43.4 Å². The smallest absolute Gasteiger partial charge is 0.311 e. The molecule has 7 nitrogen and oxygen atoms in total. The Morgan fingerprint density at radius 3 is 2.95 bits per heavy atom. The number of ether oxygens (including phenoxy) is 1. The van der Waals surface area contributed by atoms with Gasteiger partial charge in [0.05, 0.1) is 12.0 Å². The number of nitrogens with one attached hydrogen (secondary N) is 1. The van der Waals surface area contributed by atoms with Crippen LogP contribution in [0.15, 0.2) is 18.2 Å². The fourth-order valence-corrected chi connectivity index (χ4v) is 2.48. The van der Waals surface area contributed by atoms with Gasteiger partial charge in [0.2, 0.25) is 5.91 Å². The number of benzene rings is 1. The van der Waals surface area contributed by atoms with Crippen molar-refractivity contribution in [3.63, 3.8) is 0 Å². The van der Waals surface area contributed by atoms with Crippen molar-refractivity contribution in [1.82, 2.24) is 4.90 Å². The molecule has 1 atom stereocenters. The van der Waals surface area contributed by atoms with Gasteiger partial charge in [0.15, 0.2) is 5.75 Å². The van der Waals surface area contributed by atoms with Crippen LogP contribution >= 0.6 is 0 Å². The standard InChI is InChI=1S/C14H19N3O4/c1-3-14(18)16-7-6-11(9-16)15-10-4-5-12(17(19)20)13(8-10)21-2/h4-5,8,11,15H,3,6-7,9H2,1-2H3. The summed E-state index contributed by atoms with van der Waals surface area (Å²) in [5, 5.41) is 14.1. The summed E-state index contributed by atoms with van der Waals surface area (Å²) < 4.78 is 5.04. The average molecular weight is 293 g/mol. The van der Waals surface area contributed by atoms with Gasteiger partial charge in [-0.3, -0.25) is 14.9 Å². The maximum absolute atomic E-state index is 11.6. The molecule has 1 aromatic rings. The molecule has 1 saturated heterocycles. The number of rotatable bonds is 5. The largest absolute Gasteiger partial charge is 0.490 e. The summed E-state index contributed by atoms with van der Waals surface area (Å²) in [7, 11) is 1.41. The molecule has 0 radical (unpaired) electrons. The maximum atomic E-state index is 11.6. The second kappa shape index (κ2) is 6.43. The summed E-state index contributed by atoms with van der Waals surface area (Å²) in [5.41, 5.74) is 0.700. The molecule has 1 fully saturated rings. The molecular weight excluding hydrogens is 274 g/mol. The highest BCUT2D eigenvalue weighted by molar-refractivity contribution is 5.76. The van der Waals surface area contributed by atoms with Gasteiger partial charge in [-0.05, 0) is 12.5 Å². The Labute approximate surface area is 123 Å². The average Bonchev–Trinajstić information content (AvgIpc) is 2.94. The summed E-state index contributed by atoms with van der Waals surface area (Å²) in [6.45, 7) is 3.25. The molecule has 0 saturated carbocycles. The number of anilines is 1. The lowest BCUT2D eigenvalue weighted by Gasteiger charge is -2.17. The van der Waals surface area contributed by atoms with Crippen LogP contribution in [0, 0.1) is 10.1 Å². The van der Waals surface area contributed by atoms with Crippen molar-refractivity contribution in [3.8, 4) is 5.75 Å². The van der Waals surface area contributed by atoms with Crippen LogP contribution in [0.4, 0.5) is 11.4 Å². The van der Waals surface area contributed by atoms with E-state index >= 15 is 0 Å². The molecular formula is C14H19N3O4. The number of hydrogen-bond donors (Lipinski definition) is 1. The molecule has 2 rings (SSSR count). The third-order valence-electron chi connectivity index (χ3n) is 3.59. The molecule has 1 aliphatic heterocycles. The van der Waals surface area contributed by atoms with Crippen LogP contribution in [-0.4, -0.2) is 42.0 Å². The van der Waals surface area contributed by atoms with Crippen LogP contribution in [0.3, 0.4) is 0 Å². The molecule has 1 heterocycles. The second-order valence-corrected chi connectivity index (χ2v) is 4.97. The first-order valence-corrected chi connectivity index (χ1v) is 6.92. The summed E-state index contributed by atoms with van der Waals surface area (Å²) in [4.78, 5) is 23.8. The van der Waals surface area contributed by atoms with Crippen LogP contribution in [0.2, 0.25) is 0 Å². The van der Waals surface area contributed by atoms with Crippen molar-refractivity contribution in [2.24, 2.45) is 0 Å². The zero-order valence-corrected chi connectivity index (χ0v) is 12.2. The van der Waals surface area contributed by atoms with Gasteiger partial charge in [-0.1, -0.05) is 6.92 Å². The maximum Gasteiger partial charge on any atom is 0.311 e. The van der Waals surface area contributed by atoms with Crippen LogP contribution in [0.5, 0.6) is 5.75 Å². The topological polar surface area (TPSA) is 84.7 Å². The first-order valence-electron chi connectivity index (χ1n) is 6.92. The number of nitro benzene ring substituents is 1. The number of hydrogen-bond acceptors (Lipinski definition) is 5. The monoisotopic (exact) mass is 293 g/mol. The number of carbonyl (C=O) groups is 1. The highest BCUT2D eigenvalue weighted by atomic mass is 16.6. The fourth-order valence-electron chi connectivity index (χ4n) is 2.48. The minimum absolute atomic E-state index is 0.0581. The normalized spacial score (nSPS) is 17.6. The Bertz CT molecular complexity index is 547. The quantitative estimate of drug-likeness (QED) is 0.663. The fraction of sp³-hybridized carbons (Fsp3) is 0.500. The SMILES string of the molecule is CCC(=O)N1CCC(Nc2ccc([N+](=O)[O-])c(OC)c2)C1. The van der Waals surface area contributed by atoms with Gasteiger partial charge in [-0.15, -0.1) is 0 Å². The van der Waals surface area contributed by atoms with Crippen LogP contribution in [0.25, 0.3) is 0 Å². The summed E-state index contributed by atoms with van der Waals surface area (Å²) in [5.74, 6) is 0.380. The van der Waals surface area contributed by atoms with Crippen molar-refractivity contribution in [1.29, 1.82) is 0 Å². The summed E-state index contributed by atoms with van der Waals surface area (Å²) >= 11 is 0. The van der Waals surface area contributed by atoms with E-state index in [9.17, 15) is 14.9 Å². The van der Waals surface area contributed by atoms with Crippen LogP contribution < -0.4 is 10.1 Å². The minimum Gasteiger partial charge on any atom is -0.490 e. The molecule has 114 valence electrons. The molecule has 0 aliphatic carbocycles. The van der Waals surface area contributed by atoms with Crippen molar-refractivity contribution in [3.05, 3.63) is 28.3 Å². The molecule has 0 spiro atoms. The second-order valence-electron chi connectivity index (χ2n) is 4.97. The van der Waals surface area contributed by atoms with E-state index in [0.717, 1.165) is 18.7 Å². The van der Waals surface area contributed by atoms with Gasteiger partial charge in [-0.2, -0.15) is 0 Å². The number of carbonyl (C=O) groups excluding carboxylic acids is 1. The zero-order valence-electron chi connectivity index (χ0n) is 12.2. The van der Waals surface area contributed by atoms with E-state index in [1.165, 1.54) is 13.2 Å². The molecule has 7 heteroatoms. The first-order chi connectivity index (χ1) is 10.0. The molecule has 0 bridgehead atoms. The van der Waals surface area contributed by atoms with Gasteiger partial charge in [0.1, 0.15) is 0 Å². The third kappa shape index (κ3) is 3.42. The highest BCUT2D eigenvalue weighted by Gasteiger charge is 2.25. The lowest BCUT2D eigenvalue weighted by atomic mass is 10.2. The van der Waals surface area contributed by atoms with Crippen LogP contribution in [0.1, 0.15) is 19.8 Å².